The Morgan fingerprint density at radius 3 is 2.56 bits per heavy atom. The molecular formula is C14H22N2. The summed E-state index contributed by atoms with van der Waals surface area (Å²) in [6.07, 6.45) is 3.04. The molecule has 0 amide bonds. The highest BCUT2D eigenvalue weighted by Crippen LogP contribution is 2.18. The Balaban J connectivity index is 2.91. The summed E-state index contributed by atoms with van der Waals surface area (Å²) >= 11 is 0. The fraction of sp³-hybridized carbons (Fsp3) is 0.500. The van der Waals surface area contributed by atoms with Crippen LogP contribution in [0.4, 0.5) is 5.69 Å². The highest BCUT2D eigenvalue weighted by atomic mass is 14.8. The van der Waals surface area contributed by atoms with Crippen LogP contribution in [-0.2, 0) is 0 Å². The molecule has 1 aromatic carbocycles. The maximum atomic E-state index is 6.11. The molecule has 0 fully saturated rings. The van der Waals surface area contributed by atoms with Crippen LogP contribution in [0.25, 0.3) is 0 Å². The lowest BCUT2D eigenvalue weighted by atomic mass is 10.1. The van der Waals surface area contributed by atoms with Crippen LogP contribution in [0.15, 0.2) is 29.3 Å². The van der Waals surface area contributed by atoms with E-state index in [0.717, 1.165) is 30.7 Å². The minimum Gasteiger partial charge on any atom is -0.323 e. The van der Waals surface area contributed by atoms with E-state index in [1.807, 2.05) is 18.2 Å². The summed E-state index contributed by atoms with van der Waals surface area (Å²) in [6.45, 7) is 6.35. The molecule has 1 rings (SSSR count). The van der Waals surface area contributed by atoms with Gasteiger partial charge in [0.1, 0.15) is 0 Å². The zero-order valence-corrected chi connectivity index (χ0v) is 10.5. The Hall–Kier alpha value is -1.15. The Kier molecular flexibility index (Phi) is 5.20. The van der Waals surface area contributed by atoms with Gasteiger partial charge in [-0.15, -0.1) is 0 Å². The molecule has 0 spiro atoms. The van der Waals surface area contributed by atoms with Gasteiger partial charge >= 0.3 is 0 Å². The summed E-state index contributed by atoms with van der Waals surface area (Å²) in [4.78, 5) is 4.69. The molecule has 0 saturated carbocycles. The molecule has 0 saturated heterocycles. The van der Waals surface area contributed by atoms with E-state index >= 15 is 0 Å². The highest BCUT2D eigenvalue weighted by Gasteiger charge is 2.08. The number of rotatable bonds is 5. The molecular weight excluding hydrogens is 196 g/mol. The van der Waals surface area contributed by atoms with Crippen LogP contribution in [0.2, 0.25) is 0 Å². The summed E-state index contributed by atoms with van der Waals surface area (Å²) in [5.74, 6) is 0. The fourth-order valence-electron chi connectivity index (χ4n) is 1.75. The third kappa shape index (κ3) is 3.46. The summed E-state index contributed by atoms with van der Waals surface area (Å²) in [6, 6.07) is 8.28. The number of aliphatic imine (C=N–C) groups is 1. The first-order valence-electron chi connectivity index (χ1n) is 6.07. The van der Waals surface area contributed by atoms with Crippen LogP contribution in [0.1, 0.15) is 38.7 Å². The summed E-state index contributed by atoms with van der Waals surface area (Å²) in [5, 5.41) is 0. The van der Waals surface area contributed by atoms with Crippen molar-refractivity contribution in [1.29, 1.82) is 0 Å². The van der Waals surface area contributed by atoms with Crippen LogP contribution in [0.5, 0.6) is 0 Å². The number of nitrogens with zero attached hydrogens (tertiary/aromatic N) is 1. The lowest BCUT2D eigenvalue weighted by Gasteiger charge is -2.13. The third-order valence-corrected chi connectivity index (χ3v) is 2.77. The average molecular weight is 218 g/mol. The highest BCUT2D eigenvalue weighted by molar-refractivity contribution is 5.91. The molecule has 0 bridgehead atoms. The predicted octanol–water partition coefficient (Wildman–Crippen LogP) is 3.60. The minimum atomic E-state index is 0.106. The van der Waals surface area contributed by atoms with E-state index in [1.165, 1.54) is 5.56 Å². The first kappa shape index (κ1) is 12.9. The zero-order chi connectivity index (χ0) is 12.0. The van der Waals surface area contributed by atoms with Crippen molar-refractivity contribution in [1.82, 2.24) is 0 Å². The average Bonchev–Trinajstić information content (AvgIpc) is 2.28. The van der Waals surface area contributed by atoms with Crippen molar-refractivity contribution >= 4 is 11.4 Å². The molecule has 2 N–H and O–H groups in total. The molecule has 0 heterocycles. The molecule has 0 aromatic heterocycles. The Morgan fingerprint density at radius 2 is 2.00 bits per heavy atom. The Bertz CT molecular complexity index is 356. The SMILES string of the molecule is CCCC(N)C(CC)=Nc1ccccc1C. The standard InChI is InChI=1S/C14H22N2/c1-4-8-12(15)13(5-2)16-14-10-7-6-9-11(14)3/h6-7,9-10,12H,4-5,8,15H2,1-3H3. The van der Waals surface area contributed by atoms with Gasteiger partial charge in [-0.2, -0.15) is 0 Å². The van der Waals surface area contributed by atoms with Gasteiger partial charge in [-0.25, -0.2) is 0 Å². The molecule has 0 radical (unpaired) electrons. The largest absolute Gasteiger partial charge is 0.323 e. The zero-order valence-electron chi connectivity index (χ0n) is 10.5. The second-order valence-corrected chi connectivity index (χ2v) is 4.14. The van der Waals surface area contributed by atoms with Gasteiger partial charge in [0.25, 0.3) is 0 Å². The van der Waals surface area contributed by atoms with Crippen molar-refractivity contribution in [2.75, 3.05) is 0 Å². The summed E-state index contributed by atoms with van der Waals surface area (Å²) in [7, 11) is 0. The topological polar surface area (TPSA) is 38.4 Å². The summed E-state index contributed by atoms with van der Waals surface area (Å²) in [5.41, 5.74) is 9.47. The molecule has 88 valence electrons. The van der Waals surface area contributed by atoms with Gasteiger partial charge in [-0.05, 0) is 31.4 Å². The lowest BCUT2D eigenvalue weighted by Crippen LogP contribution is -2.29. The smallest absolute Gasteiger partial charge is 0.0658 e. The first-order valence-corrected chi connectivity index (χ1v) is 6.07. The van der Waals surface area contributed by atoms with Gasteiger partial charge in [-0.1, -0.05) is 38.5 Å². The van der Waals surface area contributed by atoms with E-state index in [2.05, 4.69) is 31.8 Å². The first-order chi connectivity index (χ1) is 7.69. The van der Waals surface area contributed by atoms with Crippen LogP contribution in [0.3, 0.4) is 0 Å². The minimum absolute atomic E-state index is 0.106. The number of para-hydroxylation sites is 1. The number of hydrogen-bond acceptors (Lipinski definition) is 2. The van der Waals surface area contributed by atoms with Crippen LogP contribution < -0.4 is 5.73 Å². The van der Waals surface area contributed by atoms with Crippen LogP contribution >= 0.6 is 0 Å². The van der Waals surface area contributed by atoms with Crippen molar-refractivity contribution in [3.05, 3.63) is 29.8 Å². The molecule has 1 atom stereocenters. The molecule has 2 heteroatoms. The van der Waals surface area contributed by atoms with Crippen LogP contribution in [0, 0.1) is 6.92 Å². The molecule has 1 unspecified atom stereocenters. The lowest BCUT2D eigenvalue weighted by molar-refractivity contribution is 0.722. The van der Waals surface area contributed by atoms with Gasteiger partial charge in [0.2, 0.25) is 0 Å². The monoisotopic (exact) mass is 218 g/mol. The van der Waals surface area contributed by atoms with Gasteiger partial charge in [0.05, 0.1) is 5.69 Å². The Labute approximate surface area is 98.6 Å². The van der Waals surface area contributed by atoms with Gasteiger partial charge < -0.3 is 5.73 Å². The number of nitrogens with two attached hydrogens (primary N) is 1. The van der Waals surface area contributed by atoms with Gasteiger partial charge in [0.15, 0.2) is 0 Å². The van der Waals surface area contributed by atoms with E-state index in [-0.39, 0.29) is 6.04 Å². The van der Waals surface area contributed by atoms with E-state index in [1.54, 1.807) is 0 Å². The molecule has 2 nitrogen and oxygen atoms in total. The van der Waals surface area contributed by atoms with Crippen molar-refractivity contribution in [3.63, 3.8) is 0 Å². The molecule has 16 heavy (non-hydrogen) atoms. The van der Waals surface area contributed by atoms with E-state index in [9.17, 15) is 0 Å². The fourth-order valence-corrected chi connectivity index (χ4v) is 1.75. The molecule has 0 aliphatic carbocycles. The number of benzene rings is 1. The van der Waals surface area contributed by atoms with Crippen molar-refractivity contribution in [3.8, 4) is 0 Å². The Morgan fingerprint density at radius 1 is 1.31 bits per heavy atom. The maximum Gasteiger partial charge on any atom is 0.0658 e. The van der Waals surface area contributed by atoms with E-state index < -0.39 is 0 Å². The number of aryl methyl sites for hydroxylation is 1. The molecule has 1 aromatic rings. The number of hydrogen-bond donors (Lipinski definition) is 1. The normalized spacial score (nSPS) is 13.9. The van der Waals surface area contributed by atoms with Crippen molar-refractivity contribution in [2.45, 2.75) is 46.1 Å². The van der Waals surface area contributed by atoms with Crippen LogP contribution in [-0.4, -0.2) is 11.8 Å². The van der Waals surface area contributed by atoms with Gasteiger partial charge in [0, 0.05) is 11.8 Å². The summed E-state index contributed by atoms with van der Waals surface area (Å²) < 4.78 is 0. The quantitative estimate of drug-likeness (QED) is 0.753. The molecule has 0 aliphatic rings. The second-order valence-electron chi connectivity index (χ2n) is 4.14. The third-order valence-electron chi connectivity index (χ3n) is 2.77. The van der Waals surface area contributed by atoms with Crippen molar-refractivity contribution < 1.29 is 0 Å². The van der Waals surface area contributed by atoms with E-state index in [0.29, 0.717) is 0 Å². The molecule has 0 aliphatic heterocycles. The van der Waals surface area contributed by atoms with Gasteiger partial charge in [-0.3, -0.25) is 4.99 Å². The maximum absolute atomic E-state index is 6.11. The predicted molar refractivity (Wildman–Crippen MR) is 71.4 cm³/mol. The second kappa shape index (κ2) is 6.44. The van der Waals surface area contributed by atoms with Crippen molar-refractivity contribution in [2.24, 2.45) is 10.7 Å². The van der Waals surface area contributed by atoms with E-state index in [4.69, 9.17) is 5.73 Å².